The van der Waals surface area contributed by atoms with E-state index < -0.39 is 5.54 Å². The number of hydrogen-bond donors (Lipinski definition) is 2. The number of hydrogen-bond acceptors (Lipinski definition) is 3. The van der Waals surface area contributed by atoms with Crippen molar-refractivity contribution in [2.45, 2.75) is 65.1 Å². The lowest BCUT2D eigenvalue weighted by Gasteiger charge is -2.32. The first kappa shape index (κ1) is 15.4. The van der Waals surface area contributed by atoms with Crippen LogP contribution < -0.4 is 11.1 Å². The average molecular weight is 230 g/mol. The number of primary amides is 1. The molecule has 1 amide bonds. The summed E-state index contributed by atoms with van der Waals surface area (Å²) in [6.07, 6.45) is 1.61. The van der Waals surface area contributed by atoms with Gasteiger partial charge in [0.15, 0.2) is 0 Å². The van der Waals surface area contributed by atoms with Crippen LogP contribution in [0.3, 0.4) is 0 Å². The van der Waals surface area contributed by atoms with Gasteiger partial charge in [-0.15, -0.1) is 0 Å². The summed E-state index contributed by atoms with van der Waals surface area (Å²) in [5, 5.41) is 3.21. The van der Waals surface area contributed by atoms with E-state index in [9.17, 15) is 4.79 Å². The normalized spacial score (nSPS) is 17.1. The average Bonchev–Trinajstić information content (AvgIpc) is 2.12. The van der Waals surface area contributed by atoms with Crippen molar-refractivity contribution in [2.75, 3.05) is 6.61 Å². The summed E-state index contributed by atoms with van der Waals surface area (Å²) in [6.45, 7) is 10.6. The molecular formula is C12H26N2O2. The number of carbonyl (C=O) groups excluding carboxylic acids is 1. The van der Waals surface area contributed by atoms with Crippen LogP contribution in [0.5, 0.6) is 0 Å². The van der Waals surface area contributed by atoms with Crippen LogP contribution >= 0.6 is 0 Å². The Bertz CT molecular complexity index is 219. The number of amides is 1. The fraction of sp³-hybridized carbons (Fsp3) is 0.917. The first-order valence-electron chi connectivity index (χ1n) is 6.01. The number of nitrogens with two attached hydrogens (primary N) is 1. The summed E-state index contributed by atoms with van der Waals surface area (Å²) in [7, 11) is 0. The molecule has 0 aliphatic rings. The van der Waals surface area contributed by atoms with E-state index in [-0.39, 0.29) is 18.1 Å². The Balaban J connectivity index is 4.37. The van der Waals surface area contributed by atoms with Crippen LogP contribution in [0, 0.1) is 0 Å². The van der Waals surface area contributed by atoms with Crippen molar-refractivity contribution in [3.05, 3.63) is 0 Å². The topological polar surface area (TPSA) is 64.3 Å². The third-order valence-corrected chi connectivity index (χ3v) is 2.45. The van der Waals surface area contributed by atoms with E-state index in [2.05, 4.69) is 12.2 Å². The fourth-order valence-electron chi connectivity index (χ4n) is 1.82. The lowest BCUT2D eigenvalue weighted by Crippen LogP contribution is -2.57. The van der Waals surface area contributed by atoms with Crippen LogP contribution in [0.15, 0.2) is 0 Å². The SMILES string of the molecule is CCCOC(C)CC(C)(NC(C)C)C(N)=O. The molecule has 0 aromatic carbocycles. The smallest absolute Gasteiger partial charge is 0.237 e. The minimum atomic E-state index is -0.693. The molecule has 0 bridgehead atoms. The molecule has 3 N–H and O–H groups in total. The first-order valence-corrected chi connectivity index (χ1v) is 6.01. The molecule has 0 fully saturated rings. The molecule has 4 heteroatoms. The zero-order valence-electron chi connectivity index (χ0n) is 11.2. The second-order valence-electron chi connectivity index (χ2n) is 4.88. The Kier molecular flexibility index (Phi) is 6.60. The highest BCUT2D eigenvalue weighted by Gasteiger charge is 2.33. The van der Waals surface area contributed by atoms with Crippen LogP contribution in [0.2, 0.25) is 0 Å². The quantitative estimate of drug-likeness (QED) is 0.663. The molecular weight excluding hydrogens is 204 g/mol. The molecule has 2 unspecified atom stereocenters. The van der Waals surface area contributed by atoms with Crippen molar-refractivity contribution in [3.63, 3.8) is 0 Å². The van der Waals surface area contributed by atoms with Crippen molar-refractivity contribution >= 4 is 5.91 Å². The molecule has 0 saturated heterocycles. The molecule has 0 aromatic rings. The number of carbonyl (C=O) groups is 1. The molecule has 0 aliphatic carbocycles. The third kappa shape index (κ3) is 5.47. The maximum absolute atomic E-state index is 11.5. The molecule has 0 aliphatic heterocycles. The van der Waals surface area contributed by atoms with Crippen LogP contribution in [0.25, 0.3) is 0 Å². The van der Waals surface area contributed by atoms with Crippen molar-refractivity contribution in [1.82, 2.24) is 5.32 Å². The van der Waals surface area contributed by atoms with Gasteiger partial charge in [0, 0.05) is 19.1 Å². The van der Waals surface area contributed by atoms with Gasteiger partial charge in [0.1, 0.15) is 0 Å². The molecule has 96 valence electrons. The van der Waals surface area contributed by atoms with Crippen LogP contribution in [-0.4, -0.2) is 30.2 Å². The van der Waals surface area contributed by atoms with Crippen molar-refractivity contribution in [1.29, 1.82) is 0 Å². The zero-order valence-corrected chi connectivity index (χ0v) is 11.2. The predicted molar refractivity (Wildman–Crippen MR) is 66.2 cm³/mol. The molecule has 0 saturated carbocycles. The summed E-state index contributed by atoms with van der Waals surface area (Å²) in [4.78, 5) is 11.5. The monoisotopic (exact) mass is 230 g/mol. The van der Waals surface area contributed by atoms with E-state index in [0.29, 0.717) is 6.42 Å². The largest absolute Gasteiger partial charge is 0.378 e. The molecule has 16 heavy (non-hydrogen) atoms. The summed E-state index contributed by atoms with van der Waals surface area (Å²) >= 11 is 0. The van der Waals surface area contributed by atoms with E-state index in [1.165, 1.54) is 0 Å². The minimum absolute atomic E-state index is 0.0312. The highest BCUT2D eigenvalue weighted by atomic mass is 16.5. The highest BCUT2D eigenvalue weighted by Crippen LogP contribution is 2.15. The minimum Gasteiger partial charge on any atom is -0.378 e. The summed E-state index contributed by atoms with van der Waals surface area (Å²) < 4.78 is 5.57. The van der Waals surface area contributed by atoms with E-state index in [4.69, 9.17) is 10.5 Å². The number of ether oxygens (including phenoxy) is 1. The van der Waals surface area contributed by atoms with Gasteiger partial charge in [-0.2, -0.15) is 0 Å². The fourth-order valence-corrected chi connectivity index (χ4v) is 1.82. The number of nitrogens with one attached hydrogen (secondary N) is 1. The maximum atomic E-state index is 11.5. The Hall–Kier alpha value is -0.610. The molecule has 0 radical (unpaired) electrons. The van der Waals surface area contributed by atoms with Crippen LogP contribution in [0.1, 0.15) is 47.5 Å². The van der Waals surface area contributed by atoms with Crippen molar-refractivity contribution in [3.8, 4) is 0 Å². The standard InChI is InChI=1S/C12H26N2O2/c1-6-7-16-10(4)8-12(5,11(13)15)14-9(2)3/h9-10,14H,6-8H2,1-5H3,(H2,13,15). The van der Waals surface area contributed by atoms with E-state index in [0.717, 1.165) is 13.0 Å². The summed E-state index contributed by atoms with van der Waals surface area (Å²) in [5.41, 5.74) is 4.75. The van der Waals surface area contributed by atoms with Gasteiger partial charge in [0.2, 0.25) is 5.91 Å². The lowest BCUT2D eigenvalue weighted by atomic mass is 9.93. The van der Waals surface area contributed by atoms with Gasteiger partial charge in [-0.3, -0.25) is 4.79 Å². The van der Waals surface area contributed by atoms with Gasteiger partial charge in [-0.1, -0.05) is 6.92 Å². The van der Waals surface area contributed by atoms with E-state index in [1.807, 2.05) is 27.7 Å². The van der Waals surface area contributed by atoms with E-state index in [1.54, 1.807) is 0 Å². The molecule has 0 aromatic heterocycles. The second kappa shape index (κ2) is 6.86. The van der Waals surface area contributed by atoms with Gasteiger partial charge >= 0.3 is 0 Å². The van der Waals surface area contributed by atoms with Gasteiger partial charge in [0.05, 0.1) is 11.6 Å². The van der Waals surface area contributed by atoms with Gasteiger partial charge in [-0.25, -0.2) is 0 Å². The molecule has 0 heterocycles. The Labute approximate surface area is 98.9 Å². The van der Waals surface area contributed by atoms with Crippen molar-refractivity contribution < 1.29 is 9.53 Å². The van der Waals surface area contributed by atoms with Gasteiger partial charge < -0.3 is 15.8 Å². The second-order valence-corrected chi connectivity index (χ2v) is 4.88. The summed E-state index contributed by atoms with van der Waals surface area (Å²) in [5.74, 6) is -0.326. The van der Waals surface area contributed by atoms with Crippen molar-refractivity contribution in [2.24, 2.45) is 5.73 Å². The van der Waals surface area contributed by atoms with Crippen LogP contribution in [-0.2, 0) is 9.53 Å². The third-order valence-electron chi connectivity index (χ3n) is 2.45. The molecule has 0 spiro atoms. The van der Waals surface area contributed by atoms with Gasteiger partial charge in [0.25, 0.3) is 0 Å². The predicted octanol–water partition coefficient (Wildman–Crippen LogP) is 1.43. The van der Waals surface area contributed by atoms with Gasteiger partial charge in [-0.05, 0) is 34.1 Å². The zero-order chi connectivity index (χ0) is 12.8. The van der Waals surface area contributed by atoms with Crippen LogP contribution in [0.4, 0.5) is 0 Å². The highest BCUT2D eigenvalue weighted by molar-refractivity contribution is 5.84. The van der Waals surface area contributed by atoms with E-state index >= 15 is 0 Å². The molecule has 2 atom stereocenters. The summed E-state index contributed by atoms with van der Waals surface area (Å²) in [6, 6.07) is 0.218. The Morgan fingerprint density at radius 1 is 1.44 bits per heavy atom. The molecule has 4 nitrogen and oxygen atoms in total. The molecule has 0 rings (SSSR count). The lowest BCUT2D eigenvalue weighted by molar-refractivity contribution is -0.125. The number of rotatable bonds is 8. The Morgan fingerprint density at radius 3 is 2.38 bits per heavy atom. The first-order chi connectivity index (χ1) is 7.31. The maximum Gasteiger partial charge on any atom is 0.237 e. The Morgan fingerprint density at radius 2 is 2.00 bits per heavy atom.